The highest BCUT2D eigenvalue weighted by atomic mass is 32.1. The fraction of sp³-hybridized carbons (Fsp3) is 0.538. The molecule has 0 saturated carbocycles. The molecule has 2 rings (SSSR count). The van der Waals surface area contributed by atoms with Crippen LogP contribution in [-0.4, -0.2) is 47.6 Å². The summed E-state index contributed by atoms with van der Waals surface area (Å²) in [4.78, 5) is 26.0. The van der Waals surface area contributed by atoms with Crippen LogP contribution in [0, 0.1) is 0 Å². The first kappa shape index (κ1) is 14.0. The van der Waals surface area contributed by atoms with Gasteiger partial charge in [-0.05, 0) is 24.3 Å². The van der Waals surface area contributed by atoms with Crippen molar-refractivity contribution in [3.8, 4) is 0 Å². The molecule has 1 aliphatic rings. The molecule has 1 aliphatic heterocycles. The Balaban J connectivity index is 1.73. The molecular weight excluding hydrogens is 264 g/mol. The molecule has 0 aliphatic carbocycles. The highest BCUT2D eigenvalue weighted by Gasteiger charge is 2.27. The number of rotatable bonds is 5. The van der Waals surface area contributed by atoms with Crippen LogP contribution in [0.25, 0.3) is 0 Å². The van der Waals surface area contributed by atoms with E-state index >= 15 is 0 Å². The molecule has 0 radical (unpaired) electrons. The maximum absolute atomic E-state index is 11.9. The Bertz CT molecular complexity index is 433. The molecule has 1 aromatic heterocycles. The molecule has 0 spiro atoms. The number of hydrogen-bond acceptors (Lipinski definition) is 4. The van der Waals surface area contributed by atoms with Gasteiger partial charge in [-0.25, -0.2) is 0 Å². The number of amides is 2. The minimum Gasteiger partial charge on any atom is -0.394 e. The molecule has 0 unspecified atom stereocenters. The van der Waals surface area contributed by atoms with Gasteiger partial charge in [0.2, 0.25) is 5.91 Å². The van der Waals surface area contributed by atoms with E-state index < -0.39 is 0 Å². The van der Waals surface area contributed by atoms with Gasteiger partial charge in [0.05, 0.1) is 17.5 Å². The van der Waals surface area contributed by atoms with Crippen LogP contribution in [0.3, 0.4) is 0 Å². The van der Waals surface area contributed by atoms with E-state index in [-0.39, 0.29) is 30.9 Å². The maximum atomic E-state index is 11.9. The van der Waals surface area contributed by atoms with Crippen molar-refractivity contribution >= 4 is 23.2 Å². The first-order chi connectivity index (χ1) is 9.22. The van der Waals surface area contributed by atoms with Crippen LogP contribution in [0.2, 0.25) is 0 Å². The van der Waals surface area contributed by atoms with Gasteiger partial charge in [-0.3, -0.25) is 9.59 Å². The van der Waals surface area contributed by atoms with Crippen molar-refractivity contribution in [2.45, 2.75) is 25.3 Å². The molecular formula is C13H18N2O3S. The zero-order valence-corrected chi connectivity index (χ0v) is 11.5. The Kier molecular flexibility index (Phi) is 4.93. The van der Waals surface area contributed by atoms with E-state index in [1.54, 1.807) is 11.0 Å². The lowest BCUT2D eigenvalue weighted by molar-refractivity contribution is -0.132. The number of aliphatic hydroxyl groups excluding tert-OH is 1. The van der Waals surface area contributed by atoms with E-state index in [1.165, 1.54) is 11.3 Å². The minimum absolute atomic E-state index is 0.00281. The van der Waals surface area contributed by atoms with Crippen molar-refractivity contribution in [3.63, 3.8) is 0 Å². The number of nitrogens with one attached hydrogen (secondary N) is 1. The van der Waals surface area contributed by atoms with Gasteiger partial charge in [0.1, 0.15) is 0 Å². The normalized spacial score (nSPS) is 18.6. The summed E-state index contributed by atoms with van der Waals surface area (Å²) in [5.41, 5.74) is 0. The number of carbonyl (C=O) groups excluding carboxylic acids is 2. The topological polar surface area (TPSA) is 69.6 Å². The molecule has 2 N–H and O–H groups in total. The number of nitrogens with zero attached hydrogens (tertiary/aromatic N) is 1. The summed E-state index contributed by atoms with van der Waals surface area (Å²) >= 11 is 1.38. The first-order valence-corrected chi connectivity index (χ1v) is 7.32. The number of thiophene rings is 1. The largest absolute Gasteiger partial charge is 0.394 e. The van der Waals surface area contributed by atoms with Crippen LogP contribution in [0.4, 0.5) is 0 Å². The van der Waals surface area contributed by atoms with Gasteiger partial charge in [-0.1, -0.05) is 6.07 Å². The second kappa shape index (κ2) is 6.68. The Hall–Kier alpha value is -1.40. The standard InChI is InChI=1S/C13H18N2O3S/c16-9-10-3-1-7-15(10)12(17)5-6-14-13(18)11-4-2-8-19-11/h2,4,8,10,16H,1,3,5-7,9H2,(H,14,18)/t10-/m0/s1. The lowest BCUT2D eigenvalue weighted by atomic mass is 10.2. The van der Waals surface area contributed by atoms with E-state index in [2.05, 4.69) is 5.32 Å². The maximum Gasteiger partial charge on any atom is 0.261 e. The highest BCUT2D eigenvalue weighted by Crippen LogP contribution is 2.17. The molecule has 6 heteroatoms. The summed E-state index contributed by atoms with van der Waals surface area (Å²) in [5, 5.41) is 13.7. The third-order valence-corrected chi connectivity index (χ3v) is 4.15. The molecule has 0 aromatic carbocycles. The van der Waals surface area contributed by atoms with Gasteiger partial charge in [-0.15, -0.1) is 11.3 Å². The molecule has 5 nitrogen and oxygen atoms in total. The van der Waals surface area contributed by atoms with E-state index in [0.717, 1.165) is 12.8 Å². The number of likely N-dealkylation sites (tertiary alicyclic amines) is 1. The van der Waals surface area contributed by atoms with Gasteiger partial charge in [-0.2, -0.15) is 0 Å². The van der Waals surface area contributed by atoms with Gasteiger partial charge in [0.25, 0.3) is 5.91 Å². The zero-order chi connectivity index (χ0) is 13.7. The fourth-order valence-electron chi connectivity index (χ4n) is 2.28. The molecule has 1 fully saturated rings. The van der Waals surface area contributed by atoms with E-state index in [4.69, 9.17) is 5.11 Å². The van der Waals surface area contributed by atoms with Crippen LogP contribution in [0.5, 0.6) is 0 Å². The van der Waals surface area contributed by atoms with Crippen molar-refractivity contribution in [1.29, 1.82) is 0 Å². The van der Waals surface area contributed by atoms with Crippen molar-refractivity contribution in [2.24, 2.45) is 0 Å². The first-order valence-electron chi connectivity index (χ1n) is 6.44. The molecule has 1 aromatic rings. The third kappa shape index (κ3) is 3.54. The molecule has 2 heterocycles. The molecule has 1 atom stereocenters. The van der Waals surface area contributed by atoms with Crippen molar-refractivity contribution in [1.82, 2.24) is 10.2 Å². The Morgan fingerprint density at radius 2 is 2.37 bits per heavy atom. The summed E-state index contributed by atoms with van der Waals surface area (Å²) in [5.74, 6) is -0.133. The predicted molar refractivity (Wildman–Crippen MR) is 73.1 cm³/mol. The third-order valence-electron chi connectivity index (χ3n) is 3.28. The van der Waals surface area contributed by atoms with Crippen LogP contribution >= 0.6 is 11.3 Å². The molecule has 0 bridgehead atoms. The van der Waals surface area contributed by atoms with Crippen LogP contribution in [0.1, 0.15) is 28.9 Å². The van der Waals surface area contributed by atoms with Crippen molar-refractivity contribution in [3.05, 3.63) is 22.4 Å². The zero-order valence-electron chi connectivity index (χ0n) is 10.7. The minimum atomic E-state index is -0.136. The van der Waals surface area contributed by atoms with Gasteiger partial charge < -0.3 is 15.3 Å². The Morgan fingerprint density at radius 3 is 3.05 bits per heavy atom. The summed E-state index contributed by atoms with van der Waals surface area (Å²) in [7, 11) is 0. The molecule has 2 amide bonds. The van der Waals surface area contributed by atoms with Gasteiger partial charge >= 0.3 is 0 Å². The number of carbonyl (C=O) groups is 2. The Morgan fingerprint density at radius 1 is 1.53 bits per heavy atom. The highest BCUT2D eigenvalue weighted by molar-refractivity contribution is 7.12. The second-order valence-electron chi connectivity index (χ2n) is 4.55. The van der Waals surface area contributed by atoms with E-state index in [0.29, 0.717) is 18.0 Å². The van der Waals surface area contributed by atoms with Crippen LogP contribution in [-0.2, 0) is 4.79 Å². The lowest BCUT2D eigenvalue weighted by Crippen LogP contribution is -2.39. The Labute approximate surface area is 116 Å². The SMILES string of the molecule is O=C(NCCC(=O)N1CCC[C@H]1CO)c1cccs1. The average molecular weight is 282 g/mol. The smallest absolute Gasteiger partial charge is 0.261 e. The van der Waals surface area contributed by atoms with Gasteiger partial charge in [0.15, 0.2) is 0 Å². The van der Waals surface area contributed by atoms with Crippen molar-refractivity contribution in [2.75, 3.05) is 19.7 Å². The van der Waals surface area contributed by atoms with Gasteiger partial charge in [0, 0.05) is 19.5 Å². The molecule has 104 valence electrons. The summed E-state index contributed by atoms with van der Waals surface area (Å²) in [6.07, 6.45) is 2.09. The lowest BCUT2D eigenvalue weighted by Gasteiger charge is -2.23. The summed E-state index contributed by atoms with van der Waals surface area (Å²) in [6.45, 7) is 1.07. The van der Waals surface area contributed by atoms with Crippen LogP contribution < -0.4 is 5.32 Å². The molecule has 19 heavy (non-hydrogen) atoms. The second-order valence-corrected chi connectivity index (χ2v) is 5.50. The van der Waals surface area contributed by atoms with E-state index in [1.807, 2.05) is 11.4 Å². The quantitative estimate of drug-likeness (QED) is 0.841. The van der Waals surface area contributed by atoms with Crippen molar-refractivity contribution < 1.29 is 14.7 Å². The summed E-state index contributed by atoms with van der Waals surface area (Å²) < 4.78 is 0. The average Bonchev–Trinajstić information content (AvgIpc) is 3.09. The number of hydrogen-bond donors (Lipinski definition) is 2. The van der Waals surface area contributed by atoms with E-state index in [9.17, 15) is 9.59 Å². The monoisotopic (exact) mass is 282 g/mol. The van der Waals surface area contributed by atoms with Crippen LogP contribution in [0.15, 0.2) is 17.5 Å². The number of aliphatic hydroxyl groups is 1. The fourth-order valence-corrected chi connectivity index (χ4v) is 2.92. The molecule has 1 saturated heterocycles. The predicted octanol–water partition coefficient (Wildman–Crippen LogP) is 0.851. The summed E-state index contributed by atoms with van der Waals surface area (Å²) in [6, 6.07) is 3.53.